The van der Waals surface area contributed by atoms with E-state index in [4.69, 9.17) is 5.11 Å². The van der Waals surface area contributed by atoms with Crippen LogP contribution in [0.5, 0.6) is 0 Å². The molecule has 0 radical (unpaired) electrons. The van der Waals surface area contributed by atoms with E-state index in [0.717, 1.165) is 21.7 Å². The summed E-state index contributed by atoms with van der Waals surface area (Å²) in [5, 5.41) is 12.4. The minimum absolute atomic E-state index is 0.172. The summed E-state index contributed by atoms with van der Waals surface area (Å²) in [7, 11) is -4.24. The molecule has 1 aromatic heterocycles. The number of amides is 2. The SMILES string of the molecule is CCC1C(=O)NC(=O)CN1S(=O)(=O)c1ccsc1C(=O)O. The molecule has 2 heterocycles. The Bertz CT molecular complexity index is 708. The Kier molecular flexibility index (Phi) is 4.12. The molecule has 114 valence electrons. The van der Waals surface area contributed by atoms with Gasteiger partial charge in [0.2, 0.25) is 21.8 Å². The summed E-state index contributed by atoms with van der Waals surface area (Å²) in [4.78, 5) is 33.5. The highest BCUT2D eigenvalue weighted by atomic mass is 32.2. The predicted octanol–water partition coefficient (Wildman–Crippen LogP) is -0.128. The number of carboxylic acids is 1. The molecule has 1 unspecified atom stereocenters. The number of piperazine rings is 1. The summed E-state index contributed by atoms with van der Waals surface area (Å²) in [6.45, 7) is 1.09. The Hall–Kier alpha value is -1.78. The van der Waals surface area contributed by atoms with E-state index in [1.165, 1.54) is 5.38 Å². The average Bonchev–Trinajstić information content (AvgIpc) is 2.87. The molecule has 10 heteroatoms. The minimum Gasteiger partial charge on any atom is -0.477 e. The standard InChI is InChI=1S/C11H12N2O6S2/c1-2-6-10(15)12-8(14)5-13(6)21(18,19)7-3-4-20-9(7)11(16)17/h3-4,6H,2,5H2,1H3,(H,16,17)(H,12,14,15). The number of nitrogens with one attached hydrogen (secondary N) is 1. The molecule has 0 aromatic carbocycles. The number of carbonyl (C=O) groups excluding carboxylic acids is 2. The van der Waals surface area contributed by atoms with Gasteiger partial charge in [-0.1, -0.05) is 6.92 Å². The summed E-state index contributed by atoms with van der Waals surface area (Å²) in [5.74, 6) is -2.81. The van der Waals surface area contributed by atoms with E-state index in [1.54, 1.807) is 6.92 Å². The zero-order chi connectivity index (χ0) is 15.8. The van der Waals surface area contributed by atoms with Crippen LogP contribution in [0.2, 0.25) is 0 Å². The van der Waals surface area contributed by atoms with Crippen molar-refractivity contribution in [3.63, 3.8) is 0 Å². The van der Waals surface area contributed by atoms with Crippen molar-refractivity contribution in [2.75, 3.05) is 6.54 Å². The third-order valence-corrected chi connectivity index (χ3v) is 5.94. The number of hydrogen-bond acceptors (Lipinski definition) is 6. The second-order valence-corrected chi connectivity index (χ2v) is 7.08. The minimum atomic E-state index is -4.24. The Labute approximate surface area is 124 Å². The molecule has 0 aliphatic carbocycles. The largest absolute Gasteiger partial charge is 0.477 e. The van der Waals surface area contributed by atoms with Crippen LogP contribution in [0.4, 0.5) is 0 Å². The van der Waals surface area contributed by atoms with E-state index in [1.807, 2.05) is 0 Å². The van der Waals surface area contributed by atoms with E-state index in [0.29, 0.717) is 0 Å². The number of nitrogens with zero attached hydrogens (tertiary/aromatic N) is 1. The van der Waals surface area contributed by atoms with Crippen LogP contribution in [0.15, 0.2) is 16.3 Å². The molecule has 0 spiro atoms. The number of carbonyl (C=O) groups is 3. The van der Waals surface area contributed by atoms with Gasteiger partial charge < -0.3 is 5.11 Å². The molecule has 1 aromatic rings. The molecular weight excluding hydrogens is 320 g/mol. The van der Waals surface area contributed by atoms with Crippen LogP contribution >= 0.6 is 11.3 Å². The van der Waals surface area contributed by atoms with Gasteiger partial charge in [0.15, 0.2) is 0 Å². The number of aromatic carboxylic acids is 1. The summed E-state index contributed by atoms with van der Waals surface area (Å²) in [6, 6.07) is 0.127. The van der Waals surface area contributed by atoms with Crippen LogP contribution in [0.25, 0.3) is 0 Å². The highest BCUT2D eigenvalue weighted by molar-refractivity contribution is 7.89. The molecule has 1 fully saturated rings. The summed E-state index contributed by atoms with van der Waals surface area (Å²) >= 11 is 0.768. The van der Waals surface area contributed by atoms with Gasteiger partial charge in [0.1, 0.15) is 15.8 Å². The lowest BCUT2D eigenvalue weighted by atomic mass is 10.2. The van der Waals surface area contributed by atoms with Crippen LogP contribution in [0.3, 0.4) is 0 Å². The van der Waals surface area contributed by atoms with Gasteiger partial charge in [0.05, 0.1) is 6.54 Å². The number of imide groups is 1. The smallest absolute Gasteiger partial charge is 0.347 e. The molecule has 0 bridgehead atoms. The third-order valence-electron chi connectivity index (χ3n) is 3.01. The molecule has 21 heavy (non-hydrogen) atoms. The molecule has 1 saturated heterocycles. The van der Waals surface area contributed by atoms with Crippen molar-refractivity contribution in [3.05, 3.63) is 16.3 Å². The lowest BCUT2D eigenvalue weighted by Gasteiger charge is -2.32. The fourth-order valence-corrected chi connectivity index (χ4v) is 4.92. The number of rotatable bonds is 4. The van der Waals surface area contributed by atoms with Gasteiger partial charge in [0, 0.05) is 0 Å². The molecule has 2 rings (SSSR count). The molecule has 1 atom stereocenters. The molecular formula is C11H12N2O6S2. The van der Waals surface area contributed by atoms with Gasteiger partial charge in [-0.15, -0.1) is 11.3 Å². The Balaban J connectivity index is 2.51. The quantitative estimate of drug-likeness (QED) is 0.741. The van der Waals surface area contributed by atoms with Gasteiger partial charge >= 0.3 is 5.97 Å². The van der Waals surface area contributed by atoms with Crippen LogP contribution in [0, 0.1) is 0 Å². The molecule has 0 saturated carbocycles. The van der Waals surface area contributed by atoms with Crippen molar-refractivity contribution >= 4 is 39.1 Å². The third kappa shape index (κ3) is 2.69. The van der Waals surface area contributed by atoms with Crippen molar-refractivity contribution in [3.8, 4) is 0 Å². The predicted molar refractivity (Wildman–Crippen MR) is 72.4 cm³/mol. The summed E-state index contributed by atoms with van der Waals surface area (Å²) < 4.78 is 25.9. The first-order valence-corrected chi connectivity index (χ1v) is 8.27. The highest BCUT2D eigenvalue weighted by Gasteiger charge is 2.42. The van der Waals surface area contributed by atoms with Gasteiger partial charge in [0.25, 0.3) is 0 Å². The molecule has 1 aliphatic rings. The van der Waals surface area contributed by atoms with E-state index >= 15 is 0 Å². The van der Waals surface area contributed by atoms with E-state index in [-0.39, 0.29) is 11.3 Å². The normalized spacial score (nSPS) is 20.3. The number of hydrogen-bond donors (Lipinski definition) is 2. The van der Waals surface area contributed by atoms with Gasteiger partial charge in [-0.05, 0) is 17.9 Å². The summed E-state index contributed by atoms with van der Waals surface area (Å²) in [5.41, 5.74) is 0. The van der Waals surface area contributed by atoms with Crippen molar-refractivity contribution < 1.29 is 27.9 Å². The first-order chi connectivity index (χ1) is 9.78. The fourth-order valence-electron chi connectivity index (χ4n) is 2.07. The Morgan fingerprint density at radius 1 is 1.52 bits per heavy atom. The van der Waals surface area contributed by atoms with Crippen molar-refractivity contribution in [2.45, 2.75) is 24.3 Å². The number of sulfonamides is 1. The van der Waals surface area contributed by atoms with Crippen molar-refractivity contribution in [1.82, 2.24) is 9.62 Å². The zero-order valence-electron chi connectivity index (χ0n) is 10.9. The zero-order valence-corrected chi connectivity index (χ0v) is 12.5. The van der Waals surface area contributed by atoms with Crippen LogP contribution in [0.1, 0.15) is 23.0 Å². The lowest BCUT2D eigenvalue weighted by molar-refractivity contribution is -0.137. The maximum Gasteiger partial charge on any atom is 0.347 e. The number of thiophene rings is 1. The average molecular weight is 332 g/mol. The first-order valence-electron chi connectivity index (χ1n) is 5.95. The highest BCUT2D eigenvalue weighted by Crippen LogP contribution is 2.28. The first kappa shape index (κ1) is 15.6. The topological polar surface area (TPSA) is 121 Å². The maximum absolute atomic E-state index is 12.6. The molecule has 8 nitrogen and oxygen atoms in total. The lowest BCUT2D eigenvalue weighted by Crippen LogP contribution is -2.59. The monoisotopic (exact) mass is 332 g/mol. The van der Waals surface area contributed by atoms with Crippen LogP contribution in [-0.2, 0) is 19.6 Å². The Morgan fingerprint density at radius 2 is 2.19 bits per heavy atom. The van der Waals surface area contributed by atoms with Crippen molar-refractivity contribution in [2.24, 2.45) is 0 Å². The molecule has 2 N–H and O–H groups in total. The number of carboxylic acid groups (broad SMARTS) is 1. The molecule has 1 aliphatic heterocycles. The summed E-state index contributed by atoms with van der Waals surface area (Å²) in [6.07, 6.45) is 0.172. The maximum atomic E-state index is 12.6. The van der Waals surface area contributed by atoms with Crippen LogP contribution in [-0.4, -0.2) is 48.2 Å². The van der Waals surface area contributed by atoms with E-state index in [2.05, 4.69) is 5.32 Å². The van der Waals surface area contributed by atoms with Crippen LogP contribution < -0.4 is 5.32 Å². The second kappa shape index (κ2) is 5.54. The van der Waals surface area contributed by atoms with Gasteiger partial charge in [-0.2, -0.15) is 4.31 Å². The van der Waals surface area contributed by atoms with E-state index in [9.17, 15) is 22.8 Å². The van der Waals surface area contributed by atoms with Crippen molar-refractivity contribution in [1.29, 1.82) is 0 Å². The molecule has 2 amide bonds. The van der Waals surface area contributed by atoms with Gasteiger partial charge in [-0.25, -0.2) is 13.2 Å². The second-order valence-electron chi connectivity index (χ2n) is 4.31. The van der Waals surface area contributed by atoms with Gasteiger partial charge in [-0.3, -0.25) is 14.9 Å². The Morgan fingerprint density at radius 3 is 2.76 bits per heavy atom. The fraction of sp³-hybridized carbons (Fsp3) is 0.364. The van der Waals surface area contributed by atoms with E-state index < -0.39 is 45.3 Å².